The Labute approximate surface area is 125 Å². The topological polar surface area (TPSA) is 51.0 Å². The Kier molecular flexibility index (Phi) is 4.36. The van der Waals surface area contributed by atoms with E-state index in [0.717, 1.165) is 24.8 Å². The first-order chi connectivity index (χ1) is 9.68. The predicted molar refractivity (Wildman–Crippen MR) is 82.0 cm³/mol. The molecular formula is C15H25N3OS. The first kappa shape index (κ1) is 14.4. The number of thioether (sulfide) groups is 1. The highest BCUT2D eigenvalue weighted by Gasteiger charge is 2.37. The minimum absolute atomic E-state index is 0.0298. The van der Waals surface area contributed by atoms with Crippen LogP contribution in [0.3, 0.4) is 0 Å². The molecule has 0 amide bonds. The summed E-state index contributed by atoms with van der Waals surface area (Å²) in [5.41, 5.74) is -0.0298. The second kappa shape index (κ2) is 6.06. The van der Waals surface area contributed by atoms with Crippen molar-refractivity contribution in [3.63, 3.8) is 0 Å². The lowest BCUT2D eigenvalue weighted by Crippen LogP contribution is -2.41. The molecule has 0 radical (unpaired) electrons. The van der Waals surface area contributed by atoms with Gasteiger partial charge in [-0.1, -0.05) is 25.4 Å². The van der Waals surface area contributed by atoms with E-state index >= 15 is 0 Å². The zero-order valence-corrected chi connectivity index (χ0v) is 13.3. The molecule has 0 bridgehead atoms. The van der Waals surface area contributed by atoms with Crippen molar-refractivity contribution >= 4 is 11.8 Å². The van der Waals surface area contributed by atoms with Crippen LogP contribution in [0.1, 0.15) is 62.9 Å². The first-order valence-corrected chi connectivity index (χ1v) is 8.89. The summed E-state index contributed by atoms with van der Waals surface area (Å²) in [7, 11) is 0. The summed E-state index contributed by atoms with van der Waals surface area (Å²) in [5, 5.41) is 8.21. The van der Waals surface area contributed by atoms with Crippen LogP contribution >= 0.6 is 11.8 Å². The molecule has 3 heterocycles. The molecule has 1 aromatic heterocycles. The van der Waals surface area contributed by atoms with E-state index in [2.05, 4.69) is 24.3 Å². The Hall–Kier alpha value is -0.550. The molecule has 2 atom stereocenters. The lowest BCUT2D eigenvalue weighted by Gasteiger charge is -2.34. The van der Waals surface area contributed by atoms with E-state index in [1.165, 1.54) is 37.9 Å². The van der Waals surface area contributed by atoms with Crippen LogP contribution in [-0.2, 0) is 5.41 Å². The largest absolute Gasteiger partial charge is 0.339 e. The van der Waals surface area contributed by atoms with Crippen molar-refractivity contribution in [2.45, 2.75) is 56.6 Å². The SMILES string of the molecule is CC(C)(c1nc(C2CCCCS2)no1)C1CCCNC1. The van der Waals surface area contributed by atoms with E-state index in [1.807, 2.05) is 11.8 Å². The average molecular weight is 295 g/mol. The van der Waals surface area contributed by atoms with E-state index in [4.69, 9.17) is 9.51 Å². The van der Waals surface area contributed by atoms with Gasteiger partial charge in [-0.3, -0.25) is 0 Å². The highest BCUT2D eigenvalue weighted by Crippen LogP contribution is 2.39. The third-order valence-corrected chi connectivity index (χ3v) is 6.15. The Balaban J connectivity index is 1.74. The van der Waals surface area contributed by atoms with Gasteiger partial charge in [-0.05, 0) is 50.4 Å². The average Bonchev–Trinajstić information content (AvgIpc) is 3.00. The highest BCUT2D eigenvalue weighted by atomic mass is 32.2. The van der Waals surface area contributed by atoms with Gasteiger partial charge in [0.05, 0.1) is 5.25 Å². The van der Waals surface area contributed by atoms with Gasteiger partial charge in [0.1, 0.15) is 0 Å². The number of aromatic nitrogens is 2. The normalized spacial score (nSPS) is 28.5. The molecule has 20 heavy (non-hydrogen) atoms. The summed E-state index contributed by atoms with van der Waals surface area (Å²) in [4.78, 5) is 4.75. The Morgan fingerprint density at radius 2 is 2.15 bits per heavy atom. The van der Waals surface area contributed by atoms with Gasteiger partial charge in [-0.2, -0.15) is 16.7 Å². The molecule has 0 aromatic carbocycles. The summed E-state index contributed by atoms with van der Waals surface area (Å²) in [6.07, 6.45) is 6.29. The smallest absolute Gasteiger partial charge is 0.232 e. The lowest BCUT2D eigenvalue weighted by molar-refractivity contribution is 0.196. The zero-order chi connectivity index (χ0) is 14.0. The molecule has 2 saturated heterocycles. The molecule has 2 unspecified atom stereocenters. The number of hydrogen-bond acceptors (Lipinski definition) is 5. The molecule has 0 saturated carbocycles. The van der Waals surface area contributed by atoms with Crippen LogP contribution in [0.5, 0.6) is 0 Å². The zero-order valence-electron chi connectivity index (χ0n) is 12.5. The lowest BCUT2D eigenvalue weighted by atomic mass is 9.75. The Morgan fingerprint density at radius 3 is 2.85 bits per heavy atom. The van der Waals surface area contributed by atoms with E-state index in [0.29, 0.717) is 11.2 Å². The number of rotatable bonds is 3. The number of hydrogen-bond donors (Lipinski definition) is 1. The van der Waals surface area contributed by atoms with Crippen LogP contribution in [0, 0.1) is 5.92 Å². The van der Waals surface area contributed by atoms with E-state index in [1.54, 1.807) is 0 Å². The molecule has 0 spiro atoms. The molecular weight excluding hydrogens is 270 g/mol. The molecule has 4 nitrogen and oxygen atoms in total. The summed E-state index contributed by atoms with van der Waals surface area (Å²) in [6, 6.07) is 0. The maximum Gasteiger partial charge on any atom is 0.232 e. The highest BCUT2D eigenvalue weighted by molar-refractivity contribution is 7.99. The summed E-state index contributed by atoms with van der Waals surface area (Å²) < 4.78 is 5.63. The van der Waals surface area contributed by atoms with Crippen LogP contribution < -0.4 is 5.32 Å². The number of nitrogens with zero attached hydrogens (tertiary/aromatic N) is 2. The van der Waals surface area contributed by atoms with Gasteiger partial charge in [0.25, 0.3) is 0 Å². The van der Waals surface area contributed by atoms with Gasteiger partial charge in [-0.25, -0.2) is 0 Å². The van der Waals surface area contributed by atoms with Crippen LogP contribution in [0.4, 0.5) is 0 Å². The number of piperidine rings is 1. The van der Waals surface area contributed by atoms with Crippen LogP contribution in [0.2, 0.25) is 0 Å². The van der Waals surface area contributed by atoms with Crippen molar-refractivity contribution in [2.75, 3.05) is 18.8 Å². The summed E-state index contributed by atoms with van der Waals surface area (Å²) >= 11 is 1.98. The maximum absolute atomic E-state index is 5.63. The maximum atomic E-state index is 5.63. The minimum Gasteiger partial charge on any atom is -0.339 e. The summed E-state index contributed by atoms with van der Waals surface area (Å²) in [5.74, 6) is 3.56. The van der Waals surface area contributed by atoms with E-state index in [9.17, 15) is 0 Å². The molecule has 3 rings (SSSR count). The van der Waals surface area contributed by atoms with Crippen molar-refractivity contribution in [1.82, 2.24) is 15.5 Å². The first-order valence-electron chi connectivity index (χ1n) is 7.84. The standard InChI is InChI=1S/C15H25N3OS/c1-15(2,11-6-5-8-16-10-11)14-17-13(18-19-14)12-7-3-4-9-20-12/h11-12,16H,3-10H2,1-2H3. The van der Waals surface area contributed by atoms with Crippen molar-refractivity contribution in [3.05, 3.63) is 11.7 Å². The minimum atomic E-state index is -0.0298. The van der Waals surface area contributed by atoms with E-state index in [-0.39, 0.29) is 5.41 Å². The predicted octanol–water partition coefficient (Wildman–Crippen LogP) is 3.31. The van der Waals surface area contributed by atoms with Crippen molar-refractivity contribution in [2.24, 2.45) is 5.92 Å². The number of nitrogens with one attached hydrogen (secondary N) is 1. The molecule has 5 heteroatoms. The van der Waals surface area contributed by atoms with Gasteiger partial charge in [-0.15, -0.1) is 0 Å². The second-order valence-corrected chi connectivity index (χ2v) is 7.89. The van der Waals surface area contributed by atoms with Gasteiger partial charge in [0, 0.05) is 5.41 Å². The van der Waals surface area contributed by atoms with Crippen LogP contribution in [-0.4, -0.2) is 29.0 Å². The fourth-order valence-corrected chi connectivity index (χ4v) is 4.45. The van der Waals surface area contributed by atoms with Crippen molar-refractivity contribution in [3.8, 4) is 0 Å². The molecule has 2 fully saturated rings. The Bertz CT molecular complexity index is 434. The fourth-order valence-electron chi connectivity index (χ4n) is 3.21. The summed E-state index contributed by atoms with van der Waals surface area (Å²) in [6.45, 7) is 6.69. The van der Waals surface area contributed by atoms with Gasteiger partial charge >= 0.3 is 0 Å². The molecule has 1 N–H and O–H groups in total. The monoisotopic (exact) mass is 295 g/mol. The Morgan fingerprint density at radius 1 is 1.25 bits per heavy atom. The fraction of sp³-hybridized carbons (Fsp3) is 0.867. The molecule has 2 aliphatic rings. The molecule has 1 aromatic rings. The second-order valence-electron chi connectivity index (χ2n) is 6.58. The van der Waals surface area contributed by atoms with Crippen LogP contribution in [0.25, 0.3) is 0 Å². The quantitative estimate of drug-likeness (QED) is 0.927. The van der Waals surface area contributed by atoms with Crippen molar-refractivity contribution < 1.29 is 4.52 Å². The van der Waals surface area contributed by atoms with Crippen LogP contribution in [0.15, 0.2) is 4.52 Å². The molecule has 2 aliphatic heterocycles. The van der Waals surface area contributed by atoms with Gasteiger partial charge in [0.15, 0.2) is 5.82 Å². The molecule has 0 aliphatic carbocycles. The van der Waals surface area contributed by atoms with Crippen molar-refractivity contribution in [1.29, 1.82) is 0 Å². The third kappa shape index (κ3) is 2.89. The third-order valence-electron chi connectivity index (χ3n) is 4.78. The van der Waals surface area contributed by atoms with Gasteiger partial charge in [0.2, 0.25) is 5.89 Å². The van der Waals surface area contributed by atoms with Gasteiger partial charge < -0.3 is 9.84 Å². The van der Waals surface area contributed by atoms with E-state index < -0.39 is 0 Å². The molecule has 112 valence electrons.